The number of amides is 1. The predicted octanol–water partition coefficient (Wildman–Crippen LogP) is 5.15. The number of aromatic nitrogens is 1. The predicted molar refractivity (Wildman–Crippen MR) is 98.3 cm³/mol. The maximum atomic E-state index is 12.0. The van der Waals surface area contributed by atoms with Crippen LogP contribution >= 0.6 is 34.3 Å². The fraction of sp³-hybridized carbons (Fsp3) is 0.529. The number of carbonyl (C=O) groups excluding carboxylic acids is 1. The molecule has 1 fully saturated rings. The van der Waals surface area contributed by atoms with Crippen LogP contribution < -0.4 is 5.32 Å². The molecule has 0 aliphatic heterocycles. The van der Waals surface area contributed by atoms with Crippen molar-refractivity contribution in [1.29, 1.82) is 0 Å². The van der Waals surface area contributed by atoms with Gasteiger partial charge in [-0.2, -0.15) is 0 Å². The number of nitrogens with zero attached hydrogens (tertiary/aromatic N) is 1. The topological polar surface area (TPSA) is 42.0 Å². The molecule has 3 rings (SSSR count). The highest BCUT2D eigenvalue weighted by molar-refractivity contribution is 7.23. The summed E-state index contributed by atoms with van der Waals surface area (Å²) < 4.78 is 0.761. The third kappa shape index (κ3) is 5.03. The van der Waals surface area contributed by atoms with Crippen LogP contribution in [0.15, 0.2) is 17.5 Å². The molecule has 2 aromatic heterocycles. The Hall–Kier alpha value is -0.910. The molecule has 0 bridgehead atoms. The van der Waals surface area contributed by atoms with E-state index < -0.39 is 0 Å². The Kier molecular flexibility index (Phi) is 6.08. The molecule has 0 radical (unpaired) electrons. The van der Waals surface area contributed by atoms with Gasteiger partial charge in [-0.3, -0.25) is 4.79 Å². The van der Waals surface area contributed by atoms with E-state index in [1.54, 1.807) is 11.3 Å². The van der Waals surface area contributed by atoms with Crippen molar-refractivity contribution in [2.75, 3.05) is 6.54 Å². The van der Waals surface area contributed by atoms with E-state index in [1.165, 1.54) is 43.4 Å². The second-order valence-corrected chi connectivity index (χ2v) is 8.64. The van der Waals surface area contributed by atoms with Crippen LogP contribution in [0, 0.1) is 5.92 Å². The number of rotatable bonds is 7. The van der Waals surface area contributed by atoms with E-state index in [2.05, 4.69) is 10.3 Å². The van der Waals surface area contributed by atoms with Gasteiger partial charge in [-0.15, -0.1) is 22.7 Å². The Balaban J connectivity index is 1.40. The molecule has 1 aliphatic rings. The molecule has 0 saturated heterocycles. The lowest BCUT2D eigenvalue weighted by atomic mass is 10.0. The quantitative estimate of drug-likeness (QED) is 0.686. The zero-order valence-electron chi connectivity index (χ0n) is 13.0. The molecule has 1 saturated carbocycles. The lowest BCUT2D eigenvalue weighted by molar-refractivity contribution is -0.120. The summed E-state index contributed by atoms with van der Waals surface area (Å²) in [5.41, 5.74) is 0.836. The summed E-state index contributed by atoms with van der Waals surface area (Å²) in [6.45, 7) is 0.785. The summed E-state index contributed by atoms with van der Waals surface area (Å²) in [4.78, 5) is 17.6. The van der Waals surface area contributed by atoms with Gasteiger partial charge in [0, 0.05) is 11.9 Å². The molecule has 6 heteroatoms. The van der Waals surface area contributed by atoms with Crippen LogP contribution in [-0.2, 0) is 11.2 Å². The second kappa shape index (κ2) is 8.27. The highest BCUT2D eigenvalue weighted by Gasteiger charge is 2.14. The lowest BCUT2D eigenvalue weighted by Gasteiger charge is -2.08. The summed E-state index contributed by atoms with van der Waals surface area (Å²) in [5.74, 6) is 0.961. The van der Waals surface area contributed by atoms with Crippen molar-refractivity contribution in [2.45, 2.75) is 44.9 Å². The maximum absolute atomic E-state index is 12.0. The van der Waals surface area contributed by atoms with Gasteiger partial charge in [0.2, 0.25) is 5.91 Å². The van der Waals surface area contributed by atoms with Crippen LogP contribution in [0.3, 0.4) is 0 Å². The Bertz CT molecular complexity index is 647. The summed E-state index contributed by atoms with van der Waals surface area (Å²) >= 11 is 9.03. The Morgan fingerprint density at radius 2 is 2.17 bits per heavy atom. The van der Waals surface area contributed by atoms with Crippen molar-refractivity contribution in [2.24, 2.45) is 5.92 Å². The van der Waals surface area contributed by atoms with E-state index in [0.717, 1.165) is 38.8 Å². The number of thiophene rings is 1. The minimum atomic E-state index is 0.0671. The molecule has 0 aromatic carbocycles. The second-order valence-electron chi connectivity index (χ2n) is 6.07. The zero-order chi connectivity index (χ0) is 16.1. The van der Waals surface area contributed by atoms with Gasteiger partial charge in [0.25, 0.3) is 0 Å². The number of halogens is 1. The average Bonchev–Trinajstić information content (AvgIpc) is 3.25. The zero-order valence-corrected chi connectivity index (χ0v) is 15.4. The number of carbonyl (C=O) groups is 1. The van der Waals surface area contributed by atoms with E-state index in [9.17, 15) is 4.79 Å². The third-order valence-electron chi connectivity index (χ3n) is 4.26. The van der Waals surface area contributed by atoms with Gasteiger partial charge in [-0.1, -0.05) is 37.3 Å². The summed E-state index contributed by atoms with van der Waals surface area (Å²) in [6.07, 6.45) is 8.23. The number of hydrogen-bond acceptors (Lipinski definition) is 4. The van der Waals surface area contributed by atoms with Gasteiger partial charge in [0.15, 0.2) is 0 Å². The van der Waals surface area contributed by atoms with E-state index in [4.69, 9.17) is 11.6 Å². The number of thiazole rings is 1. The normalized spacial score (nSPS) is 15.2. The number of hydrogen-bond donors (Lipinski definition) is 1. The van der Waals surface area contributed by atoms with Gasteiger partial charge in [-0.05, 0) is 30.9 Å². The first-order valence-electron chi connectivity index (χ1n) is 8.17. The van der Waals surface area contributed by atoms with Gasteiger partial charge in [0.1, 0.15) is 5.01 Å². The van der Waals surface area contributed by atoms with Gasteiger partial charge in [-0.25, -0.2) is 4.98 Å². The molecule has 2 aromatic rings. The van der Waals surface area contributed by atoms with E-state index in [1.807, 2.05) is 17.5 Å². The molecule has 0 atom stereocenters. The van der Waals surface area contributed by atoms with Crippen molar-refractivity contribution >= 4 is 40.2 Å². The Morgan fingerprint density at radius 3 is 2.91 bits per heavy atom. The molecule has 0 unspecified atom stereocenters. The third-order valence-corrected chi connectivity index (χ3v) is 6.55. The van der Waals surface area contributed by atoms with Crippen LogP contribution in [0.25, 0.3) is 9.88 Å². The molecule has 3 nitrogen and oxygen atoms in total. The van der Waals surface area contributed by atoms with Crippen LogP contribution in [0.2, 0.25) is 4.34 Å². The summed E-state index contributed by atoms with van der Waals surface area (Å²) in [5, 5.41) is 5.91. The van der Waals surface area contributed by atoms with Crippen LogP contribution in [0.5, 0.6) is 0 Å². The SMILES string of the molecule is O=C(Cc1csc(-c2ccc(Cl)s2)n1)NCCCC1CCCC1. The van der Waals surface area contributed by atoms with Crippen molar-refractivity contribution in [1.82, 2.24) is 10.3 Å². The molecule has 1 N–H and O–H groups in total. The van der Waals surface area contributed by atoms with Crippen molar-refractivity contribution < 1.29 is 4.79 Å². The minimum Gasteiger partial charge on any atom is -0.356 e. The fourth-order valence-electron chi connectivity index (χ4n) is 3.08. The smallest absolute Gasteiger partial charge is 0.226 e. The van der Waals surface area contributed by atoms with Crippen LogP contribution in [0.4, 0.5) is 0 Å². The highest BCUT2D eigenvalue weighted by atomic mass is 35.5. The monoisotopic (exact) mass is 368 g/mol. The molecule has 1 amide bonds. The first-order chi connectivity index (χ1) is 11.2. The molecule has 1 aliphatic carbocycles. The van der Waals surface area contributed by atoms with Crippen LogP contribution in [-0.4, -0.2) is 17.4 Å². The standard InChI is InChI=1S/C17H21ClN2OS2/c18-15-8-7-14(23-15)17-20-13(11-22-17)10-16(21)19-9-3-6-12-4-1-2-5-12/h7-8,11-12H,1-6,9-10H2,(H,19,21). The van der Waals surface area contributed by atoms with Crippen LogP contribution in [0.1, 0.15) is 44.2 Å². The van der Waals surface area contributed by atoms with Crippen molar-refractivity contribution in [3.63, 3.8) is 0 Å². The van der Waals surface area contributed by atoms with Gasteiger partial charge >= 0.3 is 0 Å². The van der Waals surface area contributed by atoms with E-state index >= 15 is 0 Å². The molecule has 23 heavy (non-hydrogen) atoms. The highest BCUT2D eigenvalue weighted by Crippen LogP contribution is 2.33. The molecular weight excluding hydrogens is 348 g/mol. The Morgan fingerprint density at radius 1 is 1.35 bits per heavy atom. The summed E-state index contributed by atoms with van der Waals surface area (Å²) in [7, 11) is 0. The number of nitrogens with one attached hydrogen (secondary N) is 1. The maximum Gasteiger partial charge on any atom is 0.226 e. The first-order valence-corrected chi connectivity index (χ1v) is 10.2. The average molecular weight is 369 g/mol. The molecule has 2 heterocycles. The van der Waals surface area contributed by atoms with E-state index in [-0.39, 0.29) is 5.91 Å². The fourth-order valence-corrected chi connectivity index (χ4v) is 5.01. The lowest BCUT2D eigenvalue weighted by Crippen LogP contribution is -2.26. The van der Waals surface area contributed by atoms with Gasteiger partial charge < -0.3 is 5.32 Å². The van der Waals surface area contributed by atoms with E-state index in [0.29, 0.717) is 6.42 Å². The minimum absolute atomic E-state index is 0.0671. The van der Waals surface area contributed by atoms with Crippen molar-refractivity contribution in [3.8, 4) is 9.88 Å². The first kappa shape index (κ1) is 16.9. The largest absolute Gasteiger partial charge is 0.356 e. The molecular formula is C17H21ClN2OS2. The van der Waals surface area contributed by atoms with Gasteiger partial charge in [0.05, 0.1) is 21.3 Å². The Labute approximate surface area is 150 Å². The molecule has 124 valence electrons. The van der Waals surface area contributed by atoms with Crippen molar-refractivity contribution in [3.05, 3.63) is 27.5 Å². The molecule has 0 spiro atoms. The summed E-state index contributed by atoms with van der Waals surface area (Å²) in [6, 6.07) is 3.85.